The largest absolute Gasteiger partial charge is 0.378 e. The molecule has 0 aromatic carbocycles. The van der Waals surface area contributed by atoms with E-state index in [0.29, 0.717) is 31.5 Å². The number of nitrogens with two attached hydrogens (primary N) is 1. The molecule has 1 amide bonds. The van der Waals surface area contributed by atoms with E-state index in [4.69, 9.17) is 10.6 Å². The topological polar surface area (TPSA) is 118 Å². The Morgan fingerprint density at radius 3 is 2.89 bits per heavy atom. The number of morpholine rings is 1. The minimum Gasteiger partial charge on any atom is -0.378 e. The van der Waals surface area contributed by atoms with Crippen molar-refractivity contribution in [3.8, 4) is 0 Å². The fraction of sp³-hybridized carbons (Fsp3) is 0.474. The SMILES string of the molecule is NNc1nc2c(c(N3CCOCC3)n1)CC(CCC(=O)Nc1cccnc1)C2. The van der Waals surface area contributed by atoms with E-state index >= 15 is 0 Å². The van der Waals surface area contributed by atoms with Gasteiger partial charge in [0, 0.05) is 31.3 Å². The van der Waals surface area contributed by atoms with Crippen LogP contribution >= 0.6 is 0 Å². The fourth-order valence-electron chi connectivity index (χ4n) is 3.83. The summed E-state index contributed by atoms with van der Waals surface area (Å²) in [4.78, 5) is 27.7. The van der Waals surface area contributed by atoms with Crippen LogP contribution in [0.3, 0.4) is 0 Å². The third-order valence-corrected chi connectivity index (χ3v) is 5.21. The summed E-state index contributed by atoms with van der Waals surface area (Å²) in [5, 5.41) is 2.89. The van der Waals surface area contributed by atoms with Gasteiger partial charge in [-0.2, -0.15) is 4.98 Å². The lowest BCUT2D eigenvalue weighted by molar-refractivity contribution is -0.116. The van der Waals surface area contributed by atoms with Crippen molar-refractivity contribution in [2.75, 3.05) is 41.9 Å². The predicted molar refractivity (Wildman–Crippen MR) is 106 cm³/mol. The maximum Gasteiger partial charge on any atom is 0.239 e. The number of nitrogens with one attached hydrogen (secondary N) is 2. The second-order valence-electron chi connectivity index (χ2n) is 7.14. The lowest BCUT2D eigenvalue weighted by Crippen LogP contribution is -2.37. The van der Waals surface area contributed by atoms with Gasteiger partial charge in [-0.15, -0.1) is 0 Å². The van der Waals surface area contributed by atoms with Crippen molar-refractivity contribution >= 4 is 23.4 Å². The molecule has 9 nitrogen and oxygen atoms in total. The molecule has 28 heavy (non-hydrogen) atoms. The molecule has 0 radical (unpaired) electrons. The minimum absolute atomic E-state index is 0.00718. The number of ether oxygens (including phenoxy) is 1. The molecule has 148 valence electrons. The predicted octanol–water partition coefficient (Wildman–Crippen LogP) is 1.13. The Labute approximate surface area is 163 Å². The highest BCUT2D eigenvalue weighted by molar-refractivity contribution is 5.90. The quantitative estimate of drug-likeness (QED) is 0.502. The number of hydrazine groups is 1. The van der Waals surface area contributed by atoms with Gasteiger partial charge in [0.2, 0.25) is 11.9 Å². The molecule has 2 aromatic heterocycles. The molecule has 1 fully saturated rings. The first-order chi connectivity index (χ1) is 13.7. The van der Waals surface area contributed by atoms with Gasteiger partial charge in [-0.1, -0.05) is 0 Å². The van der Waals surface area contributed by atoms with Crippen molar-refractivity contribution in [1.82, 2.24) is 15.0 Å². The molecule has 4 N–H and O–H groups in total. The smallest absolute Gasteiger partial charge is 0.239 e. The Morgan fingerprint density at radius 1 is 1.29 bits per heavy atom. The number of amides is 1. The Morgan fingerprint density at radius 2 is 2.14 bits per heavy atom. The molecule has 1 aliphatic heterocycles. The van der Waals surface area contributed by atoms with Crippen LogP contribution in [0.15, 0.2) is 24.5 Å². The average molecular weight is 383 g/mol. The van der Waals surface area contributed by atoms with Crippen molar-refractivity contribution in [3.63, 3.8) is 0 Å². The third kappa shape index (κ3) is 4.20. The zero-order valence-corrected chi connectivity index (χ0v) is 15.7. The lowest BCUT2D eigenvalue weighted by atomic mass is 10.00. The van der Waals surface area contributed by atoms with Gasteiger partial charge in [-0.05, 0) is 37.3 Å². The monoisotopic (exact) mass is 383 g/mol. The molecule has 9 heteroatoms. The molecule has 3 heterocycles. The van der Waals surface area contributed by atoms with E-state index < -0.39 is 0 Å². The summed E-state index contributed by atoms with van der Waals surface area (Å²) in [7, 11) is 0. The average Bonchev–Trinajstić information content (AvgIpc) is 3.16. The summed E-state index contributed by atoms with van der Waals surface area (Å²) in [5.41, 5.74) is 5.51. The van der Waals surface area contributed by atoms with E-state index in [2.05, 4.69) is 30.6 Å². The van der Waals surface area contributed by atoms with Crippen molar-refractivity contribution in [1.29, 1.82) is 0 Å². The minimum atomic E-state index is 0.00718. The first-order valence-corrected chi connectivity index (χ1v) is 9.62. The number of anilines is 3. The summed E-state index contributed by atoms with van der Waals surface area (Å²) >= 11 is 0. The van der Waals surface area contributed by atoms with Crippen LogP contribution in [0.5, 0.6) is 0 Å². The van der Waals surface area contributed by atoms with E-state index in [0.717, 1.165) is 49.6 Å². The fourth-order valence-corrected chi connectivity index (χ4v) is 3.83. The van der Waals surface area contributed by atoms with Crippen LogP contribution in [0.25, 0.3) is 0 Å². The maximum atomic E-state index is 12.2. The van der Waals surface area contributed by atoms with Crippen LogP contribution in [0.1, 0.15) is 24.1 Å². The molecule has 1 saturated heterocycles. The normalized spacial score (nSPS) is 18.6. The molecule has 1 unspecified atom stereocenters. The summed E-state index contributed by atoms with van der Waals surface area (Å²) in [6, 6.07) is 3.64. The molecule has 0 saturated carbocycles. The zero-order chi connectivity index (χ0) is 19.3. The second kappa shape index (κ2) is 8.49. The van der Waals surface area contributed by atoms with E-state index in [1.807, 2.05) is 6.07 Å². The number of fused-ring (bicyclic) bond motifs is 1. The van der Waals surface area contributed by atoms with Gasteiger partial charge < -0.3 is 15.0 Å². The number of carbonyl (C=O) groups is 1. The highest BCUT2D eigenvalue weighted by Crippen LogP contribution is 2.35. The lowest BCUT2D eigenvalue weighted by Gasteiger charge is -2.29. The number of nitrogens with zero attached hydrogens (tertiary/aromatic N) is 4. The first kappa shape index (κ1) is 18.6. The van der Waals surface area contributed by atoms with Crippen LogP contribution in [0, 0.1) is 5.92 Å². The molecule has 2 aromatic rings. The molecule has 1 atom stereocenters. The molecule has 0 bridgehead atoms. The van der Waals surface area contributed by atoms with Gasteiger partial charge in [0.25, 0.3) is 0 Å². The van der Waals surface area contributed by atoms with E-state index in [9.17, 15) is 4.79 Å². The zero-order valence-electron chi connectivity index (χ0n) is 15.7. The van der Waals surface area contributed by atoms with Crippen LogP contribution in [-0.4, -0.2) is 47.2 Å². The number of pyridine rings is 1. The van der Waals surface area contributed by atoms with Gasteiger partial charge >= 0.3 is 0 Å². The van der Waals surface area contributed by atoms with Crippen LogP contribution in [0.2, 0.25) is 0 Å². The third-order valence-electron chi connectivity index (χ3n) is 5.21. The molecule has 2 aliphatic rings. The number of rotatable bonds is 6. The van der Waals surface area contributed by atoms with Crippen molar-refractivity contribution in [2.24, 2.45) is 11.8 Å². The number of aromatic nitrogens is 3. The second-order valence-corrected chi connectivity index (χ2v) is 7.14. The van der Waals surface area contributed by atoms with E-state index in [-0.39, 0.29) is 5.91 Å². The first-order valence-electron chi connectivity index (χ1n) is 9.62. The van der Waals surface area contributed by atoms with Crippen LogP contribution in [-0.2, 0) is 22.4 Å². The van der Waals surface area contributed by atoms with E-state index in [1.165, 1.54) is 5.56 Å². The number of hydrogen-bond donors (Lipinski definition) is 3. The van der Waals surface area contributed by atoms with Crippen molar-refractivity contribution in [3.05, 3.63) is 35.8 Å². The number of hydrogen-bond acceptors (Lipinski definition) is 8. The standard InChI is InChI=1S/C19H25N7O2/c20-25-19-23-16-11-13(3-4-17(27)22-14-2-1-5-21-12-14)10-15(16)18(24-19)26-6-8-28-9-7-26/h1-2,5,12-13H,3-4,6-11,20H2,(H,22,27)(H,23,24,25). The van der Waals surface area contributed by atoms with Gasteiger partial charge in [0.15, 0.2) is 0 Å². The molecule has 1 aliphatic carbocycles. The van der Waals surface area contributed by atoms with Gasteiger partial charge in [-0.3, -0.25) is 15.2 Å². The van der Waals surface area contributed by atoms with Gasteiger partial charge in [-0.25, -0.2) is 10.8 Å². The molecular formula is C19H25N7O2. The number of carbonyl (C=O) groups excluding carboxylic acids is 1. The molecule has 4 rings (SSSR count). The summed E-state index contributed by atoms with van der Waals surface area (Å²) < 4.78 is 5.46. The number of nitrogen functional groups attached to an aromatic ring is 1. The Balaban J connectivity index is 1.40. The summed E-state index contributed by atoms with van der Waals surface area (Å²) in [5.74, 6) is 7.34. The highest BCUT2D eigenvalue weighted by Gasteiger charge is 2.30. The summed E-state index contributed by atoms with van der Waals surface area (Å²) in [6.45, 7) is 3.02. The maximum absolute atomic E-state index is 12.2. The van der Waals surface area contributed by atoms with Gasteiger partial charge in [0.05, 0.1) is 30.8 Å². The Kier molecular flexibility index (Phi) is 5.63. The Bertz CT molecular complexity index is 825. The van der Waals surface area contributed by atoms with Gasteiger partial charge in [0.1, 0.15) is 5.82 Å². The van der Waals surface area contributed by atoms with Crippen LogP contribution < -0.4 is 21.5 Å². The van der Waals surface area contributed by atoms with Crippen molar-refractivity contribution < 1.29 is 9.53 Å². The molecule has 0 spiro atoms. The summed E-state index contributed by atoms with van der Waals surface area (Å²) in [6.07, 6.45) is 6.32. The van der Waals surface area contributed by atoms with Crippen LogP contribution in [0.4, 0.5) is 17.5 Å². The highest BCUT2D eigenvalue weighted by atomic mass is 16.5. The van der Waals surface area contributed by atoms with Crippen molar-refractivity contribution in [2.45, 2.75) is 25.7 Å². The molecular weight excluding hydrogens is 358 g/mol. The van der Waals surface area contributed by atoms with E-state index in [1.54, 1.807) is 18.5 Å². The Hall–Kier alpha value is -2.78.